The second kappa shape index (κ2) is 9.28. The normalized spacial score (nSPS) is 11.6. The van der Waals surface area contributed by atoms with Crippen molar-refractivity contribution in [3.05, 3.63) is 29.8 Å². The number of carbonyl (C=O) groups is 2. The number of thioether (sulfide) groups is 1. The van der Waals surface area contributed by atoms with Crippen LogP contribution < -0.4 is 10.1 Å². The molecule has 6 heteroatoms. The van der Waals surface area contributed by atoms with Crippen LogP contribution in [0.5, 0.6) is 5.75 Å². The van der Waals surface area contributed by atoms with E-state index in [9.17, 15) is 9.59 Å². The molecular weight excluding hydrogens is 290 g/mol. The fourth-order valence-corrected chi connectivity index (χ4v) is 2.19. The van der Waals surface area contributed by atoms with E-state index in [0.717, 1.165) is 11.3 Å². The highest BCUT2D eigenvalue weighted by Crippen LogP contribution is 2.12. The zero-order valence-electron chi connectivity index (χ0n) is 12.5. The van der Waals surface area contributed by atoms with Crippen LogP contribution in [0.3, 0.4) is 0 Å². The Morgan fingerprint density at radius 3 is 2.76 bits per heavy atom. The van der Waals surface area contributed by atoms with E-state index in [0.29, 0.717) is 12.2 Å². The summed E-state index contributed by atoms with van der Waals surface area (Å²) >= 11 is 1.61. The van der Waals surface area contributed by atoms with E-state index in [1.165, 1.54) is 7.11 Å². The van der Waals surface area contributed by atoms with Crippen molar-refractivity contribution in [3.8, 4) is 5.75 Å². The average Bonchev–Trinajstić information content (AvgIpc) is 2.48. The minimum atomic E-state index is -0.629. The van der Waals surface area contributed by atoms with Gasteiger partial charge in [0, 0.05) is 0 Å². The summed E-state index contributed by atoms with van der Waals surface area (Å²) in [6.45, 7) is 1.82. The van der Waals surface area contributed by atoms with E-state index >= 15 is 0 Å². The molecule has 0 aliphatic carbocycles. The molecule has 0 aliphatic heterocycles. The highest BCUT2D eigenvalue weighted by molar-refractivity contribution is 7.98. The number of amides is 1. The lowest BCUT2D eigenvalue weighted by Crippen LogP contribution is -2.43. The van der Waals surface area contributed by atoms with E-state index in [4.69, 9.17) is 4.74 Å². The molecular formula is C15H21NO4S. The fraction of sp³-hybridized carbons (Fsp3) is 0.467. The first-order chi connectivity index (χ1) is 10.1. The van der Waals surface area contributed by atoms with Crippen molar-refractivity contribution in [2.75, 3.05) is 25.7 Å². The van der Waals surface area contributed by atoms with Crippen LogP contribution in [-0.4, -0.2) is 43.6 Å². The Kier molecular flexibility index (Phi) is 7.68. The molecule has 0 spiro atoms. The van der Waals surface area contributed by atoms with E-state index < -0.39 is 12.0 Å². The van der Waals surface area contributed by atoms with Crippen molar-refractivity contribution in [1.82, 2.24) is 5.32 Å². The summed E-state index contributed by atoms with van der Waals surface area (Å²) in [5, 5.41) is 2.64. The lowest BCUT2D eigenvalue weighted by atomic mass is 10.2. The van der Waals surface area contributed by atoms with Crippen LogP contribution in [-0.2, 0) is 14.3 Å². The lowest BCUT2D eigenvalue weighted by molar-refractivity contribution is -0.145. The smallest absolute Gasteiger partial charge is 0.328 e. The van der Waals surface area contributed by atoms with Gasteiger partial charge in [-0.25, -0.2) is 4.79 Å². The number of hydrogen-bond acceptors (Lipinski definition) is 5. The number of rotatable bonds is 8. The summed E-state index contributed by atoms with van der Waals surface area (Å²) in [5.41, 5.74) is 1.06. The number of carbonyl (C=O) groups excluding carboxylic acids is 2. The molecule has 21 heavy (non-hydrogen) atoms. The number of hydrogen-bond donors (Lipinski definition) is 1. The SMILES string of the molecule is COC(=O)[C@H](CCSC)NC(=O)COc1cccc(C)c1. The van der Waals surface area contributed by atoms with E-state index in [1.54, 1.807) is 17.8 Å². The lowest BCUT2D eigenvalue weighted by Gasteiger charge is -2.16. The summed E-state index contributed by atoms with van der Waals surface area (Å²) in [6.07, 6.45) is 2.47. The van der Waals surface area contributed by atoms with Crippen LogP contribution >= 0.6 is 11.8 Å². The predicted molar refractivity (Wildman–Crippen MR) is 83.6 cm³/mol. The van der Waals surface area contributed by atoms with Crippen LogP contribution in [0.1, 0.15) is 12.0 Å². The van der Waals surface area contributed by atoms with Crippen LogP contribution in [0.4, 0.5) is 0 Å². The molecule has 0 radical (unpaired) electrons. The van der Waals surface area contributed by atoms with Gasteiger partial charge < -0.3 is 14.8 Å². The number of ether oxygens (including phenoxy) is 2. The summed E-state index contributed by atoms with van der Waals surface area (Å²) in [4.78, 5) is 23.4. The molecule has 0 heterocycles. The quantitative estimate of drug-likeness (QED) is 0.742. The molecule has 1 aromatic rings. The molecule has 1 N–H and O–H groups in total. The van der Waals surface area contributed by atoms with Gasteiger partial charge in [0.1, 0.15) is 11.8 Å². The molecule has 1 amide bonds. The van der Waals surface area contributed by atoms with Gasteiger partial charge in [-0.2, -0.15) is 11.8 Å². The average molecular weight is 311 g/mol. The van der Waals surface area contributed by atoms with Crippen LogP contribution in [0.2, 0.25) is 0 Å². The Morgan fingerprint density at radius 2 is 2.14 bits per heavy atom. The van der Waals surface area contributed by atoms with Crippen molar-refractivity contribution in [3.63, 3.8) is 0 Å². The molecule has 116 valence electrons. The minimum absolute atomic E-state index is 0.129. The molecule has 0 saturated heterocycles. The first kappa shape index (κ1) is 17.4. The maximum atomic E-state index is 11.8. The number of benzene rings is 1. The van der Waals surface area contributed by atoms with Gasteiger partial charge in [0.25, 0.3) is 5.91 Å². The summed E-state index contributed by atoms with van der Waals surface area (Å²) in [6, 6.07) is 6.81. The maximum absolute atomic E-state index is 11.8. The zero-order chi connectivity index (χ0) is 15.7. The van der Waals surface area contributed by atoms with Gasteiger partial charge in [0.2, 0.25) is 0 Å². The van der Waals surface area contributed by atoms with E-state index in [-0.39, 0.29) is 12.5 Å². The summed E-state index contributed by atoms with van der Waals surface area (Å²) in [5.74, 6) is 0.614. The number of aryl methyl sites for hydroxylation is 1. The predicted octanol–water partition coefficient (Wildman–Crippen LogP) is 1.78. The molecule has 0 saturated carbocycles. The van der Waals surface area contributed by atoms with Gasteiger partial charge in [-0.15, -0.1) is 0 Å². The summed E-state index contributed by atoms with van der Waals surface area (Å²) in [7, 11) is 1.31. The summed E-state index contributed by atoms with van der Waals surface area (Å²) < 4.78 is 10.1. The van der Waals surface area contributed by atoms with E-state index in [1.807, 2.05) is 31.4 Å². The largest absolute Gasteiger partial charge is 0.484 e. The Hall–Kier alpha value is -1.69. The van der Waals surface area contributed by atoms with Crippen molar-refractivity contribution in [1.29, 1.82) is 0 Å². The molecule has 1 atom stereocenters. The maximum Gasteiger partial charge on any atom is 0.328 e. The van der Waals surface area contributed by atoms with Crippen molar-refractivity contribution < 1.29 is 19.1 Å². The van der Waals surface area contributed by atoms with Gasteiger partial charge in [-0.1, -0.05) is 12.1 Å². The Labute approximate surface area is 129 Å². The van der Waals surface area contributed by atoms with Crippen molar-refractivity contribution in [2.24, 2.45) is 0 Å². The third kappa shape index (κ3) is 6.53. The zero-order valence-corrected chi connectivity index (χ0v) is 13.4. The van der Waals surface area contributed by atoms with Gasteiger partial charge in [0.15, 0.2) is 6.61 Å². The van der Waals surface area contributed by atoms with Gasteiger partial charge in [0.05, 0.1) is 7.11 Å². The number of nitrogens with one attached hydrogen (secondary N) is 1. The Bertz CT molecular complexity index is 478. The number of methoxy groups -OCH3 is 1. The van der Waals surface area contributed by atoms with Crippen LogP contribution in [0.15, 0.2) is 24.3 Å². The molecule has 5 nitrogen and oxygen atoms in total. The van der Waals surface area contributed by atoms with Crippen LogP contribution in [0.25, 0.3) is 0 Å². The third-order valence-electron chi connectivity index (χ3n) is 2.79. The second-order valence-corrected chi connectivity index (χ2v) is 5.52. The highest BCUT2D eigenvalue weighted by atomic mass is 32.2. The molecule has 0 fully saturated rings. The first-order valence-corrected chi connectivity index (χ1v) is 8.01. The van der Waals surface area contributed by atoms with Crippen molar-refractivity contribution in [2.45, 2.75) is 19.4 Å². The monoisotopic (exact) mass is 311 g/mol. The molecule has 1 aromatic carbocycles. The highest BCUT2D eigenvalue weighted by Gasteiger charge is 2.21. The topological polar surface area (TPSA) is 64.6 Å². The first-order valence-electron chi connectivity index (χ1n) is 6.62. The van der Waals surface area contributed by atoms with E-state index in [2.05, 4.69) is 10.1 Å². The second-order valence-electron chi connectivity index (χ2n) is 4.53. The van der Waals surface area contributed by atoms with Gasteiger partial charge in [-0.05, 0) is 43.0 Å². The van der Waals surface area contributed by atoms with Crippen molar-refractivity contribution >= 4 is 23.6 Å². The number of esters is 1. The molecule has 0 aromatic heterocycles. The Morgan fingerprint density at radius 1 is 1.38 bits per heavy atom. The third-order valence-corrected chi connectivity index (χ3v) is 3.43. The molecule has 0 unspecified atom stereocenters. The minimum Gasteiger partial charge on any atom is -0.484 e. The molecule has 0 bridgehead atoms. The Balaban J connectivity index is 2.47. The van der Waals surface area contributed by atoms with Gasteiger partial charge in [-0.3, -0.25) is 4.79 Å². The van der Waals surface area contributed by atoms with Crippen LogP contribution in [0, 0.1) is 6.92 Å². The van der Waals surface area contributed by atoms with Gasteiger partial charge >= 0.3 is 5.97 Å². The fourth-order valence-electron chi connectivity index (χ4n) is 1.72. The molecule has 0 aliphatic rings. The molecule has 1 rings (SSSR count). The standard InChI is InChI=1S/C15H21NO4S/c1-11-5-4-6-12(9-11)20-10-14(17)16-13(7-8-21-3)15(18)19-2/h4-6,9,13H,7-8,10H2,1-3H3,(H,16,17)/t13-/m0/s1.